The molecular formula is C20H21Cl2N5O. The predicted octanol–water partition coefficient (Wildman–Crippen LogP) is 3.44. The van der Waals surface area contributed by atoms with Crippen molar-refractivity contribution < 1.29 is 4.79 Å². The maximum atomic E-state index is 13.1. The highest BCUT2D eigenvalue weighted by Crippen LogP contribution is 2.26. The van der Waals surface area contributed by atoms with Crippen molar-refractivity contribution in [2.24, 2.45) is 0 Å². The number of amides is 1. The van der Waals surface area contributed by atoms with Gasteiger partial charge in [0.1, 0.15) is 0 Å². The molecule has 146 valence electrons. The number of rotatable bonds is 3. The lowest BCUT2D eigenvalue weighted by Gasteiger charge is -2.36. The second kappa shape index (κ2) is 8.73. The van der Waals surface area contributed by atoms with E-state index in [9.17, 15) is 4.79 Å². The van der Waals surface area contributed by atoms with Gasteiger partial charge in [0.15, 0.2) is 5.69 Å². The smallest absolute Gasteiger partial charge is 0.276 e. The van der Waals surface area contributed by atoms with Gasteiger partial charge in [-0.05, 0) is 36.8 Å². The topological polar surface area (TPSA) is 63.1 Å². The van der Waals surface area contributed by atoms with E-state index >= 15 is 0 Å². The van der Waals surface area contributed by atoms with E-state index in [0.29, 0.717) is 23.8 Å². The van der Waals surface area contributed by atoms with Crippen LogP contribution in [0.15, 0.2) is 54.7 Å². The zero-order valence-electron chi connectivity index (χ0n) is 15.4. The summed E-state index contributed by atoms with van der Waals surface area (Å²) < 4.78 is 1.63. The molecular weight excluding hydrogens is 397 g/mol. The first-order valence-corrected chi connectivity index (χ1v) is 9.26. The fourth-order valence-electron chi connectivity index (χ4n) is 3.29. The first kappa shape index (κ1) is 20.3. The van der Waals surface area contributed by atoms with Crippen LogP contribution in [0.3, 0.4) is 0 Å². The van der Waals surface area contributed by atoms with Gasteiger partial charge < -0.3 is 10.2 Å². The van der Waals surface area contributed by atoms with E-state index in [1.165, 1.54) is 5.56 Å². The lowest BCUT2D eigenvalue weighted by Crippen LogP contribution is -2.48. The van der Waals surface area contributed by atoms with Crippen LogP contribution in [0.5, 0.6) is 0 Å². The van der Waals surface area contributed by atoms with Gasteiger partial charge in [0.2, 0.25) is 0 Å². The molecule has 0 bridgehead atoms. The van der Waals surface area contributed by atoms with E-state index in [2.05, 4.69) is 15.6 Å². The average Bonchev–Trinajstić information content (AvgIpc) is 3.18. The standard InChI is InChI=1S/C20H20ClN5O.ClH/c1-14-5-7-17(8-6-14)26-13-18(23-24-26)20(27)25-10-9-22-12-19(25)15-3-2-4-16(21)11-15;/h2-8,11,13,19,22H,9-10,12H2,1H3;1H. The van der Waals surface area contributed by atoms with Gasteiger partial charge in [0.05, 0.1) is 17.9 Å². The van der Waals surface area contributed by atoms with Crippen molar-refractivity contribution in [3.8, 4) is 5.69 Å². The van der Waals surface area contributed by atoms with Crippen molar-refractivity contribution in [1.82, 2.24) is 25.2 Å². The van der Waals surface area contributed by atoms with E-state index in [0.717, 1.165) is 17.8 Å². The SMILES string of the molecule is Cc1ccc(-n2cc(C(=O)N3CCNCC3c3cccc(Cl)c3)nn2)cc1.Cl. The van der Waals surface area contributed by atoms with Crippen LogP contribution in [-0.2, 0) is 0 Å². The average molecular weight is 418 g/mol. The molecule has 0 aliphatic carbocycles. The molecule has 1 aliphatic rings. The molecule has 0 spiro atoms. The van der Waals surface area contributed by atoms with Gasteiger partial charge in [-0.15, -0.1) is 17.5 Å². The molecule has 1 amide bonds. The summed E-state index contributed by atoms with van der Waals surface area (Å²) in [7, 11) is 0. The normalized spacial score (nSPS) is 16.5. The monoisotopic (exact) mass is 417 g/mol. The Morgan fingerprint density at radius 3 is 2.75 bits per heavy atom. The van der Waals surface area contributed by atoms with Gasteiger partial charge in [0, 0.05) is 24.7 Å². The number of halogens is 2. The molecule has 6 nitrogen and oxygen atoms in total. The fraction of sp³-hybridized carbons (Fsp3) is 0.250. The molecule has 0 radical (unpaired) electrons. The highest BCUT2D eigenvalue weighted by atomic mass is 35.5. The Hall–Kier alpha value is -2.41. The summed E-state index contributed by atoms with van der Waals surface area (Å²) >= 11 is 6.14. The summed E-state index contributed by atoms with van der Waals surface area (Å²) in [5.74, 6) is -0.125. The van der Waals surface area contributed by atoms with Crippen molar-refractivity contribution in [1.29, 1.82) is 0 Å². The van der Waals surface area contributed by atoms with Gasteiger partial charge in [-0.1, -0.05) is 46.6 Å². The lowest BCUT2D eigenvalue weighted by atomic mass is 10.0. The van der Waals surface area contributed by atoms with Crippen LogP contribution in [0, 0.1) is 6.92 Å². The zero-order valence-corrected chi connectivity index (χ0v) is 17.0. The number of hydrogen-bond donors (Lipinski definition) is 1. The van der Waals surface area contributed by atoms with Crippen LogP contribution in [0.25, 0.3) is 5.69 Å². The Balaban J connectivity index is 0.00000225. The number of nitrogens with one attached hydrogen (secondary N) is 1. The number of nitrogens with zero attached hydrogens (tertiary/aromatic N) is 4. The zero-order chi connectivity index (χ0) is 18.8. The Labute approximate surface area is 174 Å². The number of benzene rings is 2. The summed E-state index contributed by atoms with van der Waals surface area (Å²) in [6, 6.07) is 15.5. The molecule has 3 aromatic rings. The molecule has 1 fully saturated rings. The third kappa shape index (κ3) is 4.19. The van der Waals surface area contributed by atoms with Crippen LogP contribution in [-0.4, -0.2) is 45.4 Å². The van der Waals surface area contributed by atoms with E-state index in [4.69, 9.17) is 11.6 Å². The van der Waals surface area contributed by atoms with Gasteiger partial charge >= 0.3 is 0 Å². The molecule has 1 aromatic heterocycles. The summed E-state index contributed by atoms with van der Waals surface area (Å²) in [5.41, 5.74) is 3.39. The molecule has 1 aliphatic heterocycles. The number of piperazine rings is 1. The minimum absolute atomic E-state index is 0. The fourth-order valence-corrected chi connectivity index (χ4v) is 3.49. The Bertz CT molecular complexity index is 957. The quantitative estimate of drug-likeness (QED) is 0.708. The van der Waals surface area contributed by atoms with Crippen LogP contribution >= 0.6 is 24.0 Å². The van der Waals surface area contributed by atoms with Gasteiger partial charge in [0.25, 0.3) is 5.91 Å². The second-order valence-corrected chi connectivity index (χ2v) is 7.09. The number of carbonyl (C=O) groups is 1. The third-order valence-electron chi connectivity index (χ3n) is 4.75. The summed E-state index contributed by atoms with van der Waals surface area (Å²) in [4.78, 5) is 15.0. The summed E-state index contributed by atoms with van der Waals surface area (Å²) in [5, 5.41) is 12.2. The molecule has 8 heteroatoms. The van der Waals surface area contributed by atoms with Crippen molar-refractivity contribution in [2.45, 2.75) is 13.0 Å². The molecule has 1 unspecified atom stereocenters. The number of aryl methyl sites for hydroxylation is 1. The minimum atomic E-state index is -0.125. The third-order valence-corrected chi connectivity index (χ3v) is 4.98. The highest BCUT2D eigenvalue weighted by Gasteiger charge is 2.30. The van der Waals surface area contributed by atoms with E-state index in [-0.39, 0.29) is 24.4 Å². The molecule has 28 heavy (non-hydrogen) atoms. The largest absolute Gasteiger partial charge is 0.328 e. The molecule has 1 saturated heterocycles. The van der Waals surface area contributed by atoms with E-state index < -0.39 is 0 Å². The number of hydrogen-bond acceptors (Lipinski definition) is 4. The maximum Gasteiger partial charge on any atom is 0.276 e. The first-order chi connectivity index (χ1) is 13.1. The molecule has 2 aromatic carbocycles. The predicted molar refractivity (Wildman–Crippen MR) is 111 cm³/mol. The van der Waals surface area contributed by atoms with Crippen molar-refractivity contribution in [3.63, 3.8) is 0 Å². The molecule has 1 atom stereocenters. The number of carbonyl (C=O) groups excluding carboxylic acids is 1. The molecule has 2 heterocycles. The van der Waals surface area contributed by atoms with Crippen molar-refractivity contribution >= 4 is 29.9 Å². The maximum absolute atomic E-state index is 13.1. The van der Waals surface area contributed by atoms with Crippen LogP contribution in [0.2, 0.25) is 5.02 Å². The van der Waals surface area contributed by atoms with Crippen LogP contribution in [0.4, 0.5) is 0 Å². The van der Waals surface area contributed by atoms with Crippen molar-refractivity contribution in [3.05, 3.63) is 76.6 Å². The highest BCUT2D eigenvalue weighted by molar-refractivity contribution is 6.30. The Morgan fingerprint density at radius 2 is 2.00 bits per heavy atom. The first-order valence-electron chi connectivity index (χ1n) is 8.88. The molecule has 0 saturated carbocycles. The second-order valence-electron chi connectivity index (χ2n) is 6.66. The van der Waals surface area contributed by atoms with E-state index in [1.807, 2.05) is 60.4 Å². The van der Waals surface area contributed by atoms with Gasteiger partial charge in [-0.25, -0.2) is 4.68 Å². The minimum Gasteiger partial charge on any atom is -0.328 e. The summed E-state index contributed by atoms with van der Waals surface area (Å²) in [6.45, 7) is 4.06. The van der Waals surface area contributed by atoms with Crippen molar-refractivity contribution in [2.75, 3.05) is 19.6 Å². The lowest BCUT2D eigenvalue weighted by molar-refractivity contribution is 0.0628. The van der Waals surface area contributed by atoms with Crippen LogP contribution < -0.4 is 5.32 Å². The van der Waals surface area contributed by atoms with Gasteiger partial charge in [-0.2, -0.15) is 0 Å². The van der Waals surface area contributed by atoms with Crippen LogP contribution in [0.1, 0.15) is 27.7 Å². The van der Waals surface area contributed by atoms with Gasteiger partial charge in [-0.3, -0.25) is 4.79 Å². The van der Waals surface area contributed by atoms with E-state index in [1.54, 1.807) is 10.9 Å². The Kier molecular flexibility index (Phi) is 6.34. The Morgan fingerprint density at radius 1 is 1.21 bits per heavy atom. The molecule has 4 rings (SSSR count). The molecule has 1 N–H and O–H groups in total. The summed E-state index contributed by atoms with van der Waals surface area (Å²) in [6.07, 6.45) is 1.68. The number of aromatic nitrogens is 3.